The fraction of sp³-hybridized carbons (Fsp3) is 1.00. The fourth-order valence-electron chi connectivity index (χ4n) is 3.82. The second-order valence-electron chi connectivity index (χ2n) is 8.52. The number of aliphatic hydroxyl groups is 1. The van der Waals surface area contributed by atoms with Gasteiger partial charge in [-0.3, -0.25) is 0 Å². The molecule has 0 saturated carbocycles. The van der Waals surface area contributed by atoms with Crippen LogP contribution in [0.25, 0.3) is 0 Å². The summed E-state index contributed by atoms with van der Waals surface area (Å²) in [6, 6.07) is 0. The van der Waals surface area contributed by atoms with Crippen LogP contribution in [0.4, 0.5) is 0 Å². The molecule has 0 aliphatic carbocycles. The number of aliphatic hydroxyl groups excluding tert-OH is 1. The molecule has 0 aromatic carbocycles. The molecule has 29 heavy (non-hydrogen) atoms. The molecule has 2 atom stereocenters. The van der Waals surface area contributed by atoms with Crippen LogP contribution in [0.3, 0.4) is 0 Å². The Morgan fingerprint density at radius 2 is 0.931 bits per heavy atom. The summed E-state index contributed by atoms with van der Waals surface area (Å²) in [5, 5.41) is 9.22. The van der Waals surface area contributed by atoms with Crippen molar-refractivity contribution in [3.63, 3.8) is 0 Å². The van der Waals surface area contributed by atoms with Crippen molar-refractivity contribution in [3.05, 3.63) is 0 Å². The van der Waals surface area contributed by atoms with E-state index in [4.69, 9.17) is 0 Å². The van der Waals surface area contributed by atoms with Gasteiger partial charge in [0.15, 0.2) is 0 Å². The van der Waals surface area contributed by atoms with Crippen molar-refractivity contribution < 1.29 is 69.5 Å². The number of rotatable bonds is 21. The van der Waals surface area contributed by atoms with Crippen molar-refractivity contribution in [1.29, 1.82) is 0 Å². The third kappa shape index (κ3) is 22.5. The first-order chi connectivity index (χ1) is 13.4. The van der Waals surface area contributed by atoms with Crippen LogP contribution < -0.4 is 51.4 Å². The van der Waals surface area contributed by atoms with E-state index in [0.29, 0.717) is 12.8 Å². The predicted molar refractivity (Wildman–Crippen MR) is 119 cm³/mol. The van der Waals surface area contributed by atoms with Crippen LogP contribution in [0.1, 0.15) is 136 Å². The molecular formula is C23H47KO4S. The molecule has 0 aliphatic rings. The normalized spacial score (nSPS) is 13.8. The molecule has 0 aromatic heterocycles. The standard InChI is InChI=1S/C23H48O4S.K/c1-3-5-7-11-16-20-23(28(25,26)27)21-17-13-10-8-9-12-15-19-22(24)18-14-6-4-2;/h22-24H,3-21H2,1-2H3,(H,25,26,27);/q;+1/p-1. The third-order valence-corrected chi connectivity index (χ3v) is 7.03. The zero-order valence-corrected chi connectivity index (χ0v) is 23.6. The Labute approximate surface area is 224 Å². The van der Waals surface area contributed by atoms with Crippen molar-refractivity contribution in [1.82, 2.24) is 0 Å². The summed E-state index contributed by atoms with van der Waals surface area (Å²) in [5.41, 5.74) is 0. The van der Waals surface area contributed by atoms with E-state index in [1.807, 2.05) is 0 Å². The first-order valence-electron chi connectivity index (χ1n) is 12.0. The summed E-state index contributed by atoms with van der Waals surface area (Å²) in [5.74, 6) is 0. The average Bonchev–Trinajstić information content (AvgIpc) is 2.64. The van der Waals surface area contributed by atoms with Gasteiger partial charge in [0, 0.05) is 5.25 Å². The van der Waals surface area contributed by atoms with E-state index in [1.54, 1.807) is 0 Å². The van der Waals surface area contributed by atoms with Gasteiger partial charge in [0.2, 0.25) is 0 Å². The molecule has 0 aliphatic heterocycles. The summed E-state index contributed by atoms with van der Waals surface area (Å²) in [6.07, 6.45) is 19.3. The first kappa shape index (κ1) is 32.7. The minimum absolute atomic E-state index is 0. The maximum Gasteiger partial charge on any atom is 1.00 e. The van der Waals surface area contributed by atoms with Gasteiger partial charge in [0.05, 0.1) is 16.2 Å². The van der Waals surface area contributed by atoms with E-state index < -0.39 is 15.4 Å². The number of hydrogen-bond acceptors (Lipinski definition) is 4. The number of hydrogen-bond donors (Lipinski definition) is 1. The molecule has 0 bridgehead atoms. The van der Waals surface area contributed by atoms with Gasteiger partial charge in [-0.2, -0.15) is 0 Å². The predicted octanol–water partition coefficient (Wildman–Crippen LogP) is 3.72. The summed E-state index contributed by atoms with van der Waals surface area (Å²) in [6.45, 7) is 4.34. The number of unbranched alkanes of at least 4 members (excludes halogenated alkanes) is 12. The van der Waals surface area contributed by atoms with E-state index in [-0.39, 0.29) is 57.5 Å². The molecule has 170 valence electrons. The molecule has 0 heterocycles. The first-order valence-corrected chi connectivity index (χ1v) is 13.5. The summed E-state index contributed by atoms with van der Waals surface area (Å²) in [7, 11) is -4.15. The van der Waals surface area contributed by atoms with Crippen molar-refractivity contribution in [2.24, 2.45) is 0 Å². The molecule has 0 saturated heterocycles. The zero-order valence-electron chi connectivity index (χ0n) is 19.7. The fourth-order valence-corrected chi connectivity index (χ4v) is 4.73. The van der Waals surface area contributed by atoms with Gasteiger partial charge in [0.1, 0.15) is 0 Å². The Morgan fingerprint density at radius 3 is 1.34 bits per heavy atom. The second-order valence-corrected chi connectivity index (χ2v) is 10.2. The van der Waals surface area contributed by atoms with Crippen molar-refractivity contribution >= 4 is 10.1 Å². The summed E-state index contributed by atoms with van der Waals surface area (Å²) < 4.78 is 34.4. The molecule has 0 rings (SSSR count). The smallest absolute Gasteiger partial charge is 0.748 e. The van der Waals surface area contributed by atoms with Crippen LogP contribution >= 0.6 is 0 Å². The molecule has 1 N–H and O–H groups in total. The molecule has 4 nitrogen and oxygen atoms in total. The van der Waals surface area contributed by atoms with Gasteiger partial charge < -0.3 is 9.66 Å². The maximum absolute atomic E-state index is 11.5. The molecule has 0 aromatic rings. The van der Waals surface area contributed by atoms with Gasteiger partial charge >= 0.3 is 51.4 Å². The molecule has 0 radical (unpaired) electrons. The molecule has 6 heteroatoms. The summed E-state index contributed by atoms with van der Waals surface area (Å²) >= 11 is 0. The van der Waals surface area contributed by atoms with Crippen LogP contribution in [0.15, 0.2) is 0 Å². The zero-order chi connectivity index (χ0) is 21.1. The van der Waals surface area contributed by atoms with E-state index in [0.717, 1.165) is 70.6 Å². The Morgan fingerprint density at radius 1 is 0.621 bits per heavy atom. The average molecular weight is 459 g/mol. The van der Waals surface area contributed by atoms with Crippen molar-refractivity contribution in [2.45, 2.75) is 147 Å². The maximum atomic E-state index is 11.5. The van der Waals surface area contributed by atoms with Crippen molar-refractivity contribution in [3.8, 4) is 0 Å². The molecule has 0 fully saturated rings. The molecular weight excluding hydrogens is 411 g/mol. The van der Waals surface area contributed by atoms with Gasteiger partial charge in [-0.1, -0.05) is 110 Å². The van der Waals surface area contributed by atoms with E-state index >= 15 is 0 Å². The Balaban J connectivity index is 0. The Bertz CT molecular complexity index is 429. The van der Waals surface area contributed by atoms with Crippen LogP contribution in [0, 0.1) is 0 Å². The van der Waals surface area contributed by atoms with E-state index in [9.17, 15) is 18.1 Å². The van der Waals surface area contributed by atoms with Crippen molar-refractivity contribution in [2.75, 3.05) is 0 Å². The van der Waals surface area contributed by atoms with Gasteiger partial charge in [-0.25, -0.2) is 8.42 Å². The van der Waals surface area contributed by atoms with Gasteiger partial charge in [0.25, 0.3) is 0 Å². The summed E-state index contributed by atoms with van der Waals surface area (Å²) in [4.78, 5) is 0. The van der Waals surface area contributed by atoms with Gasteiger partial charge in [-0.05, 0) is 25.7 Å². The molecule has 0 spiro atoms. The van der Waals surface area contributed by atoms with E-state index in [1.165, 1.54) is 38.5 Å². The monoisotopic (exact) mass is 458 g/mol. The quantitative estimate of drug-likeness (QED) is 0.162. The minimum atomic E-state index is -4.15. The van der Waals surface area contributed by atoms with Gasteiger partial charge in [-0.15, -0.1) is 0 Å². The topological polar surface area (TPSA) is 77.4 Å². The molecule has 0 amide bonds. The Kier molecular flexibility index (Phi) is 25.6. The second kappa shape index (κ2) is 22.7. The SMILES string of the molecule is CCCCCCCC(CCCCCCCCCC(O)CCCCC)S(=O)(=O)[O-].[K+]. The molecule has 2 unspecified atom stereocenters. The van der Waals surface area contributed by atoms with Crippen LogP contribution in [-0.4, -0.2) is 29.4 Å². The van der Waals surface area contributed by atoms with Crippen LogP contribution in [0.2, 0.25) is 0 Å². The third-order valence-electron chi connectivity index (χ3n) is 5.74. The van der Waals surface area contributed by atoms with E-state index in [2.05, 4.69) is 13.8 Å². The van der Waals surface area contributed by atoms with Crippen LogP contribution in [-0.2, 0) is 10.1 Å². The largest absolute Gasteiger partial charge is 1.00 e. The minimum Gasteiger partial charge on any atom is -0.748 e. The van der Waals surface area contributed by atoms with Crippen LogP contribution in [0.5, 0.6) is 0 Å². The Hall–Kier alpha value is 1.51.